The van der Waals surface area contributed by atoms with E-state index in [0.717, 1.165) is 19.2 Å². The number of morpholine rings is 1. The molecule has 3 nitrogen and oxygen atoms in total. The van der Waals surface area contributed by atoms with E-state index < -0.39 is 11.6 Å². The third-order valence-corrected chi connectivity index (χ3v) is 4.23. The molecule has 118 valence electrons. The molecule has 1 aliphatic heterocycles. The molecule has 0 saturated carbocycles. The molecular weight excluding hydrogens is 274 g/mol. The fourth-order valence-electron chi connectivity index (χ4n) is 3.01. The maximum atomic E-state index is 14.2. The minimum absolute atomic E-state index is 0.281. The average molecular weight is 298 g/mol. The van der Waals surface area contributed by atoms with Crippen LogP contribution in [0.3, 0.4) is 0 Å². The third-order valence-electron chi connectivity index (χ3n) is 4.23. The second kappa shape index (κ2) is 6.81. The van der Waals surface area contributed by atoms with Gasteiger partial charge < -0.3 is 10.1 Å². The van der Waals surface area contributed by atoms with Crippen LogP contribution in [0.1, 0.15) is 32.4 Å². The van der Waals surface area contributed by atoms with Crippen molar-refractivity contribution in [1.82, 2.24) is 10.2 Å². The number of likely N-dealkylation sites (N-methyl/N-ethyl adjacent to an activating group) is 1. The van der Waals surface area contributed by atoms with Crippen LogP contribution in [0.15, 0.2) is 18.2 Å². The van der Waals surface area contributed by atoms with Gasteiger partial charge in [0, 0.05) is 24.2 Å². The smallest absolute Gasteiger partial charge is 0.163 e. The Balaban J connectivity index is 2.34. The maximum absolute atomic E-state index is 14.2. The average Bonchev–Trinajstić information content (AvgIpc) is 2.49. The van der Waals surface area contributed by atoms with Crippen molar-refractivity contribution in [2.24, 2.45) is 0 Å². The molecule has 1 saturated heterocycles. The van der Waals surface area contributed by atoms with Gasteiger partial charge in [-0.2, -0.15) is 0 Å². The molecule has 1 N–H and O–H groups in total. The predicted molar refractivity (Wildman–Crippen MR) is 79.2 cm³/mol. The van der Waals surface area contributed by atoms with Crippen molar-refractivity contribution in [3.63, 3.8) is 0 Å². The first-order valence-electron chi connectivity index (χ1n) is 7.48. The Kier molecular flexibility index (Phi) is 5.30. The van der Waals surface area contributed by atoms with Crippen molar-refractivity contribution >= 4 is 0 Å². The highest BCUT2D eigenvalue weighted by Gasteiger charge is 2.38. The summed E-state index contributed by atoms with van der Waals surface area (Å²) in [6, 6.07) is 4.10. The van der Waals surface area contributed by atoms with Gasteiger partial charge in [-0.1, -0.05) is 19.1 Å². The zero-order valence-corrected chi connectivity index (χ0v) is 13.0. The third kappa shape index (κ3) is 3.42. The van der Waals surface area contributed by atoms with Gasteiger partial charge in [0.15, 0.2) is 11.6 Å². The highest BCUT2D eigenvalue weighted by molar-refractivity contribution is 5.26. The zero-order chi connectivity index (χ0) is 15.5. The quantitative estimate of drug-likeness (QED) is 0.904. The van der Waals surface area contributed by atoms with E-state index in [4.69, 9.17) is 4.74 Å². The van der Waals surface area contributed by atoms with Crippen molar-refractivity contribution in [2.45, 2.75) is 32.4 Å². The summed E-state index contributed by atoms with van der Waals surface area (Å²) in [5, 5.41) is 3.32. The largest absolute Gasteiger partial charge is 0.379 e. The highest BCUT2D eigenvalue weighted by Crippen LogP contribution is 2.33. The fourth-order valence-corrected chi connectivity index (χ4v) is 3.01. The highest BCUT2D eigenvalue weighted by atomic mass is 19.2. The van der Waals surface area contributed by atoms with Gasteiger partial charge in [0.25, 0.3) is 0 Å². The van der Waals surface area contributed by atoms with E-state index in [9.17, 15) is 8.78 Å². The predicted octanol–water partition coefficient (Wildman–Crippen LogP) is 2.73. The van der Waals surface area contributed by atoms with Crippen LogP contribution in [0.25, 0.3) is 0 Å². The molecule has 0 radical (unpaired) electrons. The second-order valence-corrected chi connectivity index (χ2v) is 5.89. The fraction of sp³-hybridized carbons (Fsp3) is 0.625. The molecule has 1 aromatic carbocycles. The number of nitrogens with one attached hydrogen (secondary N) is 1. The molecule has 0 aliphatic carbocycles. The molecule has 2 rings (SSSR count). The van der Waals surface area contributed by atoms with Gasteiger partial charge in [-0.25, -0.2) is 8.78 Å². The first-order valence-corrected chi connectivity index (χ1v) is 7.48. The number of rotatable bonds is 5. The number of hydrogen-bond acceptors (Lipinski definition) is 3. The second-order valence-electron chi connectivity index (χ2n) is 5.89. The molecule has 0 spiro atoms. The summed E-state index contributed by atoms with van der Waals surface area (Å²) in [6.07, 6.45) is 0. The van der Waals surface area contributed by atoms with Gasteiger partial charge in [-0.3, -0.25) is 4.90 Å². The summed E-state index contributed by atoms with van der Waals surface area (Å²) < 4.78 is 33.2. The van der Waals surface area contributed by atoms with E-state index in [1.165, 1.54) is 0 Å². The SMILES string of the molecule is CCNC(c1cccc(F)c1F)C(C)(C)N1CCOCC1. The van der Waals surface area contributed by atoms with Crippen LogP contribution in [0.4, 0.5) is 8.78 Å². The molecule has 1 aromatic rings. The molecule has 0 bridgehead atoms. The van der Waals surface area contributed by atoms with E-state index in [1.54, 1.807) is 12.1 Å². The van der Waals surface area contributed by atoms with E-state index in [0.29, 0.717) is 25.3 Å². The lowest BCUT2D eigenvalue weighted by Crippen LogP contribution is -2.56. The van der Waals surface area contributed by atoms with Crippen LogP contribution in [0, 0.1) is 11.6 Å². The minimum Gasteiger partial charge on any atom is -0.379 e. The minimum atomic E-state index is -0.798. The number of benzene rings is 1. The van der Waals surface area contributed by atoms with E-state index in [1.807, 2.05) is 6.92 Å². The van der Waals surface area contributed by atoms with Gasteiger partial charge >= 0.3 is 0 Å². The molecule has 21 heavy (non-hydrogen) atoms. The molecule has 1 heterocycles. The van der Waals surface area contributed by atoms with Crippen LogP contribution in [-0.4, -0.2) is 43.3 Å². The lowest BCUT2D eigenvalue weighted by molar-refractivity contribution is -0.0241. The topological polar surface area (TPSA) is 24.5 Å². The van der Waals surface area contributed by atoms with E-state index >= 15 is 0 Å². The molecule has 1 atom stereocenters. The molecule has 1 fully saturated rings. The van der Waals surface area contributed by atoms with E-state index in [2.05, 4.69) is 24.1 Å². The lowest BCUT2D eigenvalue weighted by atomic mass is 9.86. The molecule has 0 amide bonds. The Labute approximate surface area is 125 Å². The Morgan fingerprint density at radius 1 is 1.29 bits per heavy atom. The summed E-state index contributed by atoms with van der Waals surface area (Å²) in [7, 11) is 0. The first-order chi connectivity index (χ1) is 9.98. The maximum Gasteiger partial charge on any atom is 0.163 e. The van der Waals surface area contributed by atoms with Crippen LogP contribution in [0.2, 0.25) is 0 Å². The number of hydrogen-bond donors (Lipinski definition) is 1. The summed E-state index contributed by atoms with van der Waals surface area (Å²) in [5.41, 5.74) is 0.0439. The first kappa shape index (κ1) is 16.3. The number of ether oxygens (including phenoxy) is 1. The van der Waals surface area contributed by atoms with Gasteiger partial charge in [-0.15, -0.1) is 0 Å². The summed E-state index contributed by atoms with van der Waals surface area (Å²) >= 11 is 0. The van der Waals surface area contributed by atoms with Gasteiger partial charge in [0.1, 0.15) is 0 Å². The normalized spacial score (nSPS) is 18.7. The van der Waals surface area contributed by atoms with Crippen LogP contribution < -0.4 is 5.32 Å². The van der Waals surface area contributed by atoms with Crippen molar-refractivity contribution in [3.05, 3.63) is 35.4 Å². The Morgan fingerprint density at radius 3 is 2.57 bits per heavy atom. The lowest BCUT2D eigenvalue weighted by Gasteiger charge is -2.46. The van der Waals surface area contributed by atoms with Crippen molar-refractivity contribution < 1.29 is 13.5 Å². The number of nitrogens with zero attached hydrogens (tertiary/aromatic N) is 1. The van der Waals surface area contributed by atoms with Crippen molar-refractivity contribution in [1.29, 1.82) is 0 Å². The van der Waals surface area contributed by atoms with E-state index in [-0.39, 0.29) is 11.6 Å². The van der Waals surface area contributed by atoms with Crippen molar-refractivity contribution in [2.75, 3.05) is 32.8 Å². The Bertz CT molecular complexity index is 473. The standard InChI is InChI=1S/C16H24F2N2O/c1-4-19-15(12-6-5-7-13(17)14(12)18)16(2,3)20-8-10-21-11-9-20/h5-7,15,19H,4,8-11H2,1-3H3. The monoisotopic (exact) mass is 298 g/mol. The van der Waals surface area contributed by atoms with Gasteiger partial charge in [0.05, 0.1) is 19.3 Å². The summed E-state index contributed by atoms with van der Waals surface area (Å²) in [6.45, 7) is 9.74. The van der Waals surface area contributed by atoms with Crippen LogP contribution >= 0.6 is 0 Å². The number of halogens is 2. The van der Waals surface area contributed by atoms with Gasteiger partial charge in [-0.05, 0) is 26.5 Å². The van der Waals surface area contributed by atoms with Crippen LogP contribution in [-0.2, 0) is 4.74 Å². The molecule has 1 aliphatic rings. The zero-order valence-electron chi connectivity index (χ0n) is 13.0. The molecule has 5 heteroatoms. The molecular formula is C16H24F2N2O. The molecule has 1 unspecified atom stereocenters. The Morgan fingerprint density at radius 2 is 1.95 bits per heavy atom. The molecule has 0 aromatic heterocycles. The van der Waals surface area contributed by atoms with Gasteiger partial charge in [0.2, 0.25) is 0 Å². The summed E-state index contributed by atoms with van der Waals surface area (Å²) in [5.74, 6) is -1.56. The van der Waals surface area contributed by atoms with Crippen molar-refractivity contribution in [3.8, 4) is 0 Å². The Hall–Kier alpha value is -1.04. The summed E-state index contributed by atoms with van der Waals surface area (Å²) in [4.78, 5) is 2.27. The van der Waals surface area contributed by atoms with Crippen LogP contribution in [0.5, 0.6) is 0 Å².